The molecule has 0 aliphatic rings. The van der Waals surface area contributed by atoms with Crippen molar-refractivity contribution in [3.63, 3.8) is 0 Å². The highest BCUT2D eigenvalue weighted by molar-refractivity contribution is 14.1. The van der Waals surface area contributed by atoms with Gasteiger partial charge in [-0.25, -0.2) is 0 Å². The molecule has 1 aromatic carbocycles. The van der Waals surface area contributed by atoms with Crippen molar-refractivity contribution in [1.29, 1.82) is 0 Å². The van der Waals surface area contributed by atoms with E-state index in [0.29, 0.717) is 99.0 Å². The zero-order valence-corrected chi connectivity index (χ0v) is 27.6. The van der Waals surface area contributed by atoms with Crippen molar-refractivity contribution >= 4 is 39.7 Å². The Balaban J connectivity index is 1.76. The fourth-order valence-electron chi connectivity index (χ4n) is 3.49. The molecule has 1 rings (SSSR count). The minimum absolute atomic E-state index is 0.191. The van der Waals surface area contributed by atoms with Gasteiger partial charge in [-0.1, -0.05) is 35.4 Å². The van der Waals surface area contributed by atoms with Crippen molar-refractivity contribution in [3.8, 4) is 0 Å². The zero-order valence-electron chi connectivity index (χ0n) is 25.5. The summed E-state index contributed by atoms with van der Waals surface area (Å²) in [7, 11) is 0. The first-order chi connectivity index (χ1) is 21.6. The maximum absolute atomic E-state index is 11.1. The quantitative estimate of drug-likeness (QED) is 0.0360. The van der Waals surface area contributed by atoms with Crippen LogP contribution in [0, 0.1) is 20.2 Å². The fourth-order valence-corrected chi connectivity index (χ4v) is 4.03. The number of non-ortho nitro benzene ring substituents is 1. The first-order valence-corrected chi connectivity index (χ1v) is 16.4. The molecule has 0 aromatic heterocycles. The molecular weight excluding hydrogens is 697 g/mol. The van der Waals surface area contributed by atoms with E-state index in [0.717, 1.165) is 19.1 Å². The van der Waals surface area contributed by atoms with Crippen LogP contribution in [0.2, 0.25) is 0 Å². The lowest BCUT2D eigenvalue weighted by Crippen LogP contribution is -2.15. The first-order valence-electron chi connectivity index (χ1n) is 14.9. The third-order valence-electron chi connectivity index (χ3n) is 5.73. The lowest BCUT2D eigenvalue weighted by molar-refractivity contribution is -0.393. The summed E-state index contributed by atoms with van der Waals surface area (Å²) in [5, 5.41) is 24.8. The Labute approximate surface area is 272 Å². The van der Waals surface area contributed by atoms with E-state index in [2.05, 4.69) is 27.9 Å². The van der Waals surface area contributed by atoms with Gasteiger partial charge in [-0.05, 0) is 23.3 Å². The Morgan fingerprint density at radius 1 is 0.545 bits per heavy atom. The number of nitro benzene ring substituents is 2. The number of alkyl halides is 1. The number of ether oxygens (including phenoxy) is 8. The van der Waals surface area contributed by atoms with E-state index in [9.17, 15) is 20.2 Å². The second kappa shape index (κ2) is 29.9. The van der Waals surface area contributed by atoms with Crippen LogP contribution >= 0.6 is 22.6 Å². The summed E-state index contributed by atoms with van der Waals surface area (Å²) >= 11 is 2.41. The van der Waals surface area contributed by atoms with Gasteiger partial charge in [0, 0.05) is 19.2 Å². The number of unbranched alkanes of at least 4 members (excludes halogenated alkanes) is 3. The monoisotopic (exact) mass is 745 g/mol. The van der Waals surface area contributed by atoms with Crippen LogP contribution in [0.25, 0.3) is 0 Å². The number of nitro groups is 2. The molecule has 1 N–H and O–H groups in total. The third-order valence-corrected chi connectivity index (χ3v) is 6.49. The van der Waals surface area contributed by atoms with Gasteiger partial charge in [-0.15, -0.1) is 0 Å². The van der Waals surface area contributed by atoms with Gasteiger partial charge in [0.05, 0.1) is 115 Å². The highest BCUT2D eigenvalue weighted by Crippen LogP contribution is 2.28. The largest absolute Gasteiger partial charge is 0.379 e. The molecule has 15 nitrogen and oxygen atoms in total. The third kappa shape index (κ3) is 23.6. The van der Waals surface area contributed by atoms with Crippen LogP contribution < -0.4 is 5.32 Å². The molecule has 0 amide bonds. The predicted octanol–water partition coefficient (Wildman–Crippen LogP) is 4.04. The average Bonchev–Trinajstić information content (AvgIpc) is 3.01. The number of anilines is 1. The standard InChI is InChI=1S/C28H48IN3O12/c29-7-3-1-2-4-9-37-11-13-39-15-17-41-19-21-43-23-24-44-22-20-42-18-16-40-14-12-38-10-8-30-27-6-5-26(31(33)34)25-28(27)32(35)36/h5-6,25,30H,1-4,7-24H2. The summed E-state index contributed by atoms with van der Waals surface area (Å²) in [5.41, 5.74) is -0.510. The molecule has 0 saturated carbocycles. The van der Waals surface area contributed by atoms with Crippen molar-refractivity contribution in [1.82, 2.24) is 0 Å². The van der Waals surface area contributed by atoms with Crippen LogP contribution in [0.4, 0.5) is 17.1 Å². The summed E-state index contributed by atoms with van der Waals surface area (Å²) in [6.45, 7) is 8.12. The van der Waals surface area contributed by atoms with Crippen LogP contribution in [0.1, 0.15) is 25.7 Å². The molecule has 0 atom stereocenters. The van der Waals surface area contributed by atoms with E-state index in [4.69, 9.17) is 37.9 Å². The van der Waals surface area contributed by atoms with Crippen LogP contribution in [0.3, 0.4) is 0 Å². The van der Waals surface area contributed by atoms with Gasteiger partial charge < -0.3 is 43.2 Å². The van der Waals surface area contributed by atoms with Crippen molar-refractivity contribution in [2.24, 2.45) is 0 Å². The summed E-state index contributed by atoms with van der Waals surface area (Å²) in [4.78, 5) is 20.6. The smallest absolute Gasteiger partial charge is 0.299 e. The second-order valence-corrected chi connectivity index (χ2v) is 10.2. The van der Waals surface area contributed by atoms with Gasteiger partial charge in [-0.2, -0.15) is 0 Å². The Morgan fingerprint density at radius 2 is 0.955 bits per heavy atom. The van der Waals surface area contributed by atoms with Crippen LogP contribution in [0.15, 0.2) is 18.2 Å². The second-order valence-electron chi connectivity index (χ2n) is 9.14. The van der Waals surface area contributed by atoms with Crippen molar-refractivity contribution in [3.05, 3.63) is 38.4 Å². The fraction of sp³-hybridized carbons (Fsp3) is 0.786. The van der Waals surface area contributed by atoms with E-state index >= 15 is 0 Å². The van der Waals surface area contributed by atoms with E-state index in [-0.39, 0.29) is 23.7 Å². The lowest BCUT2D eigenvalue weighted by atomic mass is 10.2. The van der Waals surface area contributed by atoms with Gasteiger partial charge in [0.1, 0.15) is 5.69 Å². The number of rotatable bonds is 33. The molecule has 0 saturated heterocycles. The molecule has 254 valence electrons. The molecule has 0 heterocycles. The Bertz CT molecular complexity index is 856. The number of nitrogens with zero attached hydrogens (tertiary/aromatic N) is 2. The van der Waals surface area contributed by atoms with E-state index in [1.54, 1.807) is 0 Å². The zero-order chi connectivity index (χ0) is 31.9. The summed E-state index contributed by atoms with van der Waals surface area (Å²) in [6.07, 6.45) is 4.92. The minimum Gasteiger partial charge on any atom is -0.379 e. The van der Waals surface area contributed by atoms with Crippen molar-refractivity contribution < 1.29 is 47.7 Å². The normalized spacial score (nSPS) is 11.2. The summed E-state index contributed by atoms with van der Waals surface area (Å²) in [5.74, 6) is 0. The molecule has 16 heteroatoms. The van der Waals surface area contributed by atoms with Crippen LogP contribution in [-0.4, -0.2) is 127 Å². The summed E-state index contributed by atoms with van der Waals surface area (Å²) in [6, 6.07) is 3.44. The maximum Gasteiger partial charge on any atom is 0.299 e. The van der Waals surface area contributed by atoms with E-state index in [1.807, 2.05) is 0 Å². The Kier molecular flexibility index (Phi) is 27.4. The van der Waals surface area contributed by atoms with Gasteiger partial charge in [0.25, 0.3) is 11.4 Å². The highest BCUT2D eigenvalue weighted by atomic mass is 127. The average molecular weight is 746 g/mol. The van der Waals surface area contributed by atoms with Crippen molar-refractivity contribution in [2.45, 2.75) is 25.7 Å². The molecule has 0 unspecified atom stereocenters. The molecule has 1 aromatic rings. The molecule has 0 spiro atoms. The van der Waals surface area contributed by atoms with Crippen LogP contribution in [-0.2, 0) is 37.9 Å². The Hall–Kier alpha value is -1.77. The van der Waals surface area contributed by atoms with Crippen LogP contribution in [0.5, 0.6) is 0 Å². The molecular formula is C28H48IN3O12. The van der Waals surface area contributed by atoms with Crippen molar-refractivity contribution in [2.75, 3.05) is 122 Å². The summed E-state index contributed by atoms with van der Waals surface area (Å²) < 4.78 is 44.9. The molecule has 0 fully saturated rings. The topological polar surface area (TPSA) is 172 Å². The molecule has 0 aliphatic carbocycles. The van der Waals surface area contributed by atoms with E-state index < -0.39 is 9.85 Å². The SMILES string of the molecule is O=[N+]([O-])c1ccc(NCCOCCOCCOCCOCCOCCOCCOCCOCCCCCCI)c([N+](=O)[O-])c1. The van der Waals surface area contributed by atoms with Gasteiger partial charge in [-0.3, -0.25) is 20.2 Å². The Morgan fingerprint density at radius 3 is 1.36 bits per heavy atom. The number of halogens is 1. The number of hydrogen-bond donors (Lipinski definition) is 1. The number of hydrogen-bond acceptors (Lipinski definition) is 13. The maximum atomic E-state index is 11.1. The van der Waals surface area contributed by atoms with E-state index in [1.165, 1.54) is 35.8 Å². The first kappa shape index (κ1) is 40.3. The van der Waals surface area contributed by atoms with Gasteiger partial charge in [0.2, 0.25) is 0 Å². The van der Waals surface area contributed by atoms with Gasteiger partial charge >= 0.3 is 0 Å². The molecule has 0 radical (unpaired) electrons. The highest BCUT2D eigenvalue weighted by Gasteiger charge is 2.19. The lowest BCUT2D eigenvalue weighted by Gasteiger charge is -2.09. The van der Waals surface area contributed by atoms with Gasteiger partial charge in [0.15, 0.2) is 0 Å². The molecule has 0 bridgehead atoms. The number of nitrogens with one attached hydrogen (secondary N) is 1. The molecule has 0 aliphatic heterocycles. The minimum atomic E-state index is -0.678. The predicted molar refractivity (Wildman–Crippen MR) is 172 cm³/mol. The molecule has 44 heavy (non-hydrogen) atoms. The number of benzene rings is 1.